The summed E-state index contributed by atoms with van der Waals surface area (Å²) in [6.45, 7) is 0. The third-order valence-electron chi connectivity index (χ3n) is 3.37. The average molecular weight is 389 g/mol. The fourth-order valence-corrected chi connectivity index (χ4v) is 2.47. The van der Waals surface area contributed by atoms with Crippen LogP contribution in [0.4, 0.5) is 0 Å². The molecule has 0 fully saturated rings. The van der Waals surface area contributed by atoms with E-state index in [0.29, 0.717) is 22.6 Å². The Bertz CT molecular complexity index is 803. The third-order valence-corrected chi connectivity index (χ3v) is 4.01. The van der Waals surface area contributed by atoms with Crippen molar-refractivity contribution in [3.8, 4) is 23.3 Å². The van der Waals surface area contributed by atoms with Crippen molar-refractivity contribution in [1.29, 1.82) is 0 Å². The van der Waals surface area contributed by atoms with Crippen LogP contribution < -0.4 is 9.47 Å². The first-order chi connectivity index (χ1) is 11.6. The molecular weight excluding hydrogens is 372 g/mol. The van der Waals surface area contributed by atoms with E-state index in [4.69, 9.17) is 14.2 Å². The number of carbonyl (C=O) groups is 1. The summed E-state index contributed by atoms with van der Waals surface area (Å²) in [6, 6.07) is 11.0. The maximum atomic E-state index is 11.8. The fraction of sp³-hybridized carbons (Fsp3) is 0.211. The molecule has 0 spiro atoms. The van der Waals surface area contributed by atoms with Gasteiger partial charge in [-0.25, -0.2) is 4.79 Å². The van der Waals surface area contributed by atoms with E-state index in [0.717, 1.165) is 16.5 Å². The van der Waals surface area contributed by atoms with Gasteiger partial charge < -0.3 is 14.2 Å². The van der Waals surface area contributed by atoms with Gasteiger partial charge in [-0.2, -0.15) is 0 Å². The number of alkyl halides is 1. The van der Waals surface area contributed by atoms with Crippen LogP contribution in [-0.2, 0) is 10.1 Å². The highest BCUT2D eigenvalue weighted by Crippen LogP contribution is 2.22. The summed E-state index contributed by atoms with van der Waals surface area (Å²) in [6.07, 6.45) is 0. The number of carbonyl (C=O) groups excluding carboxylic acids is 1. The Labute approximate surface area is 149 Å². The maximum absolute atomic E-state index is 11.8. The van der Waals surface area contributed by atoms with Gasteiger partial charge in [0, 0.05) is 10.9 Å². The van der Waals surface area contributed by atoms with Crippen molar-refractivity contribution in [2.24, 2.45) is 0 Å². The standard InChI is InChI=1S/C19H17BrO4/c1-22-17-9-6-13(10-16(17)19(21)24-3)4-7-15-8-5-14(12-20)11-18(15)23-2/h5-6,8-11H,12H2,1-3H3. The van der Waals surface area contributed by atoms with Gasteiger partial charge in [0.2, 0.25) is 0 Å². The second-order valence-electron chi connectivity index (χ2n) is 4.82. The minimum atomic E-state index is -0.463. The summed E-state index contributed by atoms with van der Waals surface area (Å²) >= 11 is 3.42. The zero-order valence-electron chi connectivity index (χ0n) is 13.7. The van der Waals surface area contributed by atoms with E-state index < -0.39 is 5.97 Å². The molecule has 0 N–H and O–H groups in total. The fourth-order valence-electron chi connectivity index (χ4n) is 2.12. The van der Waals surface area contributed by atoms with Gasteiger partial charge in [0.15, 0.2) is 0 Å². The second kappa shape index (κ2) is 8.42. The largest absolute Gasteiger partial charge is 0.496 e. The lowest BCUT2D eigenvalue weighted by molar-refractivity contribution is 0.0597. The SMILES string of the molecule is COC(=O)c1cc(C#Cc2ccc(CBr)cc2OC)ccc1OC. The highest BCUT2D eigenvalue weighted by atomic mass is 79.9. The molecule has 0 aliphatic heterocycles. The maximum Gasteiger partial charge on any atom is 0.341 e. The molecule has 0 saturated carbocycles. The van der Waals surface area contributed by atoms with Crippen LogP contribution in [0, 0.1) is 11.8 Å². The first-order valence-corrected chi connectivity index (χ1v) is 8.26. The topological polar surface area (TPSA) is 44.8 Å². The van der Waals surface area contributed by atoms with Crippen LogP contribution in [0.5, 0.6) is 11.5 Å². The second-order valence-corrected chi connectivity index (χ2v) is 5.39. The summed E-state index contributed by atoms with van der Waals surface area (Å²) < 4.78 is 15.3. The van der Waals surface area contributed by atoms with Crippen LogP contribution in [0.3, 0.4) is 0 Å². The van der Waals surface area contributed by atoms with Crippen LogP contribution in [0.15, 0.2) is 36.4 Å². The van der Waals surface area contributed by atoms with Crippen molar-refractivity contribution in [3.05, 3.63) is 58.7 Å². The Morgan fingerprint density at radius 3 is 2.38 bits per heavy atom. The Morgan fingerprint density at radius 1 is 1.00 bits per heavy atom. The molecule has 2 rings (SSSR count). The van der Waals surface area contributed by atoms with Crippen molar-refractivity contribution in [2.75, 3.05) is 21.3 Å². The third kappa shape index (κ3) is 4.09. The van der Waals surface area contributed by atoms with Gasteiger partial charge in [0.25, 0.3) is 0 Å². The molecule has 0 aromatic heterocycles. The lowest BCUT2D eigenvalue weighted by Crippen LogP contribution is -2.04. The highest BCUT2D eigenvalue weighted by Gasteiger charge is 2.12. The van der Waals surface area contributed by atoms with Gasteiger partial charge in [-0.1, -0.05) is 33.8 Å². The minimum Gasteiger partial charge on any atom is -0.496 e. The monoisotopic (exact) mass is 388 g/mol. The zero-order chi connectivity index (χ0) is 17.5. The summed E-state index contributed by atoms with van der Waals surface area (Å²) in [5, 5.41) is 0.748. The number of hydrogen-bond donors (Lipinski definition) is 0. The molecule has 4 nitrogen and oxygen atoms in total. The Morgan fingerprint density at radius 2 is 1.75 bits per heavy atom. The van der Waals surface area contributed by atoms with Crippen molar-refractivity contribution in [2.45, 2.75) is 5.33 Å². The predicted octanol–water partition coefficient (Wildman–Crippen LogP) is 3.79. The van der Waals surface area contributed by atoms with Crippen LogP contribution in [-0.4, -0.2) is 27.3 Å². The highest BCUT2D eigenvalue weighted by molar-refractivity contribution is 9.08. The van der Waals surface area contributed by atoms with E-state index in [1.807, 2.05) is 18.2 Å². The Hall–Kier alpha value is -2.45. The van der Waals surface area contributed by atoms with Crippen LogP contribution in [0.1, 0.15) is 27.0 Å². The van der Waals surface area contributed by atoms with E-state index >= 15 is 0 Å². The summed E-state index contributed by atoms with van der Waals surface area (Å²) in [4.78, 5) is 11.8. The molecule has 2 aromatic carbocycles. The summed E-state index contributed by atoms with van der Waals surface area (Å²) in [5.74, 6) is 6.81. The molecule has 2 aromatic rings. The first-order valence-electron chi connectivity index (χ1n) is 7.14. The number of esters is 1. The summed E-state index contributed by atoms with van der Waals surface area (Å²) in [5.41, 5.74) is 2.91. The normalized spacial score (nSPS) is 9.67. The number of ether oxygens (including phenoxy) is 3. The van der Waals surface area contributed by atoms with Gasteiger partial charge in [-0.3, -0.25) is 0 Å². The number of benzene rings is 2. The Kier molecular flexibility index (Phi) is 6.28. The Balaban J connectivity index is 2.39. The van der Waals surface area contributed by atoms with Gasteiger partial charge >= 0.3 is 5.97 Å². The van der Waals surface area contributed by atoms with Gasteiger partial charge in [-0.05, 0) is 35.9 Å². The molecule has 0 bridgehead atoms. The molecule has 0 aliphatic rings. The van der Waals surface area contributed by atoms with Gasteiger partial charge in [-0.15, -0.1) is 0 Å². The molecule has 0 saturated heterocycles. The number of methoxy groups -OCH3 is 3. The van der Waals surface area contributed by atoms with Crippen molar-refractivity contribution in [3.63, 3.8) is 0 Å². The smallest absolute Gasteiger partial charge is 0.341 e. The van der Waals surface area contributed by atoms with E-state index in [-0.39, 0.29) is 0 Å². The molecule has 0 amide bonds. The molecule has 0 heterocycles. The van der Waals surface area contributed by atoms with Crippen molar-refractivity contribution >= 4 is 21.9 Å². The van der Waals surface area contributed by atoms with E-state index in [1.165, 1.54) is 14.2 Å². The van der Waals surface area contributed by atoms with E-state index in [9.17, 15) is 4.79 Å². The lowest BCUT2D eigenvalue weighted by atomic mass is 10.1. The van der Waals surface area contributed by atoms with Crippen LogP contribution >= 0.6 is 15.9 Å². The number of rotatable bonds is 4. The molecule has 124 valence electrons. The molecule has 24 heavy (non-hydrogen) atoms. The lowest BCUT2D eigenvalue weighted by Gasteiger charge is -2.07. The van der Waals surface area contributed by atoms with E-state index in [2.05, 4.69) is 27.8 Å². The number of hydrogen-bond acceptors (Lipinski definition) is 4. The van der Waals surface area contributed by atoms with E-state index in [1.54, 1.807) is 25.3 Å². The zero-order valence-corrected chi connectivity index (χ0v) is 15.3. The molecule has 0 atom stereocenters. The quantitative estimate of drug-likeness (QED) is 0.454. The number of halogens is 1. The van der Waals surface area contributed by atoms with Crippen LogP contribution in [0.25, 0.3) is 0 Å². The van der Waals surface area contributed by atoms with Gasteiger partial charge in [0.05, 0.1) is 26.9 Å². The molecular formula is C19H17BrO4. The molecule has 0 aliphatic carbocycles. The average Bonchev–Trinajstić information content (AvgIpc) is 2.65. The first kappa shape index (κ1) is 17.9. The van der Waals surface area contributed by atoms with Crippen molar-refractivity contribution in [1.82, 2.24) is 0 Å². The predicted molar refractivity (Wildman–Crippen MR) is 95.9 cm³/mol. The molecule has 0 radical (unpaired) electrons. The van der Waals surface area contributed by atoms with Gasteiger partial charge in [0.1, 0.15) is 17.1 Å². The molecule has 0 unspecified atom stereocenters. The minimum absolute atomic E-state index is 0.341. The van der Waals surface area contributed by atoms with Crippen LogP contribution in [0.2, 0.25) is 0 Å². The summed E-state index contributed by atoms with van der Waals surface area (Å²) in [7, 11) is 4.45. The molecule has 5 heteroatoms. The van der Waals surface area contributed by atoms with Crippen molar-refractivity contribution < 1.29 is 19.0 Å².